The Morgan fingerprint density at radius 3 is 2.79 bits per heavy atom. The van der Waals surface area contributed by atoms with Gasteiger partial charge < -0.3 is 5.32 Å². The van der Waals surface area contributed by atoms with Crippen LogP contribution in [0, 0.1) is 5.92 Å². The van der Waals surface area contributed by atoms with Crippen LogP contribution in [0.2, 0.25) is 0 Å². The van der Waals surface area contributed by atoms with Gasteiger partial charge >= 0.3 is 0 Å². The van der Waals surface area contributed by atoms with Gasteiger partial charge in [-0.1, -0.05) is 13.3 Å². The number of aromatic nitrogens is 4. The predicted molar refractivity (Wildman–Crippen MR) is 74.7 cm³/mol. The van der Waals surface area contributed by atoms with E-state index in [9.17, 15) is 0 Å². The number of piperidine rings is 1. The van der Waals surface area contributed by atoms with Gasteiger partial charge in [-0.15, -0.1) is 5.10 Å². The van der Waals surface area contributed by atoms with Gasteiger partial charge in [0.1, 0.15) is 0 Å². The number of hydrogen-bond donors (Lipinski definition) is 1. The van der Waals surface area contributed by atoms with Gasteiger partial charge in [-0.3, -0.25) is 4.90 Å². The summed E-state index contributed by atoms with van der Waals surface area (Å²) in [6, 6.07) is 0. The van der Waals surface area contributed by atoms with Crippen molar-refractivity contribution in [2.75, 3.05) is 26.7 Å². The van der Waals surface area contributed by atoms with Crippen LogP contribution in [0.15, 0.2) is 0 Å². The maximum Gasteiger partial charge on any atom is 0.165 e. The van der Waals surface area contributed by atoms with E-state index in [1.54, 1.807) is 0 Å². The Kier molecular flexibility index (Phi) is 5.72. The summed E-state index contributed by atoms with van der Waals surface area (Å²) in [5, 5.41) is 15.3. The standard InChI is InChI=1S/C13H26N6/c1-3-4-7-19-13(15-16-17-19)11-18-8-5-12(6-9-18)10-14-2/h12,14H,3-11H2,1-2H3. The minimum atomic E-state index is 0.831. The van der Waals surface area contributed by atoms with E-state index in [1.807, 2.05) is 11.7 Å². The van der Waals surface area contributed by atoms with Gasteiger partial charge in [-0.2, -0.15) is 0 Å². The van der Waals surface area contributed by atoms with Crippen molar-refractivity contribution in [3.8, 4) is 0 Å². The van der Waals surface area contributed by atoms with Crippen LogP contribution in [0.5, 0.6) is 0 Å². The largest absolute Gasteiger partial charge is 0.319 e. The van der Waals surface area contributed by atoms with Crippen LogP contribution in [-0.4, -0.2) is 51.8 Å². The van der Waals surface area contributed by atoms with Gasteiger partial charge in [-0.25, -0.2) is 4.68 Å². The van der Waals surface area contributed by atoms with Gasteiger partial charge in [0.2, 0.25) is 0 Å². The Morgan fingerprint density at radius 1 is 1.32 bits per heavy atom. The first-order valence-corrected chi connectivity index (χ1v) is 7.45. The highest BCUT2D eigenvalue weighted by Crippen LogP contribution is 2.17. The normalized spacial score (nSPS) is 18.0. The van der Waals surface area contributed by atoms with Crippen molar-refractivity contribution in [1.29, 1.82) is 0 Å². The third-order valence-electron chi connectivity index (χ3n) is 3.89. The van der Waals surface area contributed by atoms with E-state index in [2.05, 4.69) is 32.7 Å². The molecule has 1 aliphatic heterocycles. The molecule has 19 heavy (non-hydrogen) atoms. The quantitative estimate of drug-likeness (QED) is 0.795. The maximum absolute atomic E-state index is 4.17. The fraction of sp³-hybridized carbons (Fsp3) is 0.923. The maximum atomic E-state index is 4.17. The van der Waals surface area contributed by atoms with Crippen molar-refractivity contribution in [2.45, 2.75) is 45.7 Å². The van der Waals surface area contributed by atoms with Crippen LogP contribution in [0.25, 0.3) is 0 Å². The highest BCUT2D eigenvalue weighted by Gasteiger charge is 2.20. The van der Waals surface area contributed by atoms with Gasteiger partial charge in [0.15, 0.2) is 5.82 Å². The number of rotatable bonds is 7. The zero-order valence-corrected chi connectivity index (χ0v) is 12.2. The second-order valence-electron chi connectivity index (χ2n) is 5.45. The second kappa shape index (κ2) is 7.55. The highest BCUT2D eigenvalue weighted by atomic mass is 15.5. The Hall–Kier alpha value is -1.01. The van der Waals surface area contributed by atoms with Crippen LogP contribution >= 0.6 is 0 Å². The monoisotopic (exact) mass is 266 g/mol. The molecule has 0 spiro atoms. The van der Waals surface area contributed by atoms with Crippen molar-refractivity contribution in [3.05, 3.63) is 5.82 Å². The first-order valence-electron chi connectivity index (χ1n) is 7.45. The number of tetrazole rings is 1. The molecule has 0 bridgehead atoms. The summed E-state index contributed by atoms with van der Waals surface area (Å²) in [5.41, 5.74) is 0. The third-order valence-corrected chi connectivity index (χ3v) is 3.89. The zero-order chi connectivity index (χ0) is 13.5. The van der Waals surface area contributed by atoms with Crippen LogP contribution in [0.3, 0.4) is 0 Å². The van der Waals surface area contributed by atoms with E-state index >= 15 is 0 Å². The smallest absolute Gasteiger partial charge is 0.165 e. The first kappa shape index (κ1) is 14.4. The van der Waals surface area contributed by atoms with Crippen LogP contribution in [-0.2, 0) is 13.1 Å². The van der Waals surface area contributed by atoms with Gasteiger partial charge in [0.05, 0.1) is 6.54 Å². The number of likely N-dealkylation sites (tertiary alicyclic amines) is 1. The average molecular weight is 266 g/mol. The molecule has 1 fully saturated rings. The lowest BCUT2D eigenvalue weighted by Gasteiger charge is -2.31. The molecule has 1 aliphatic rings. The van der Waals surface area contributed by atoms with E-state index in [4.69, 9.17) is 0 Å². The van der Waals surface area contributed by atoms with Crippen molar-refractivity contribution < 1.29 is 0 Å². The molecule has 0 aliphatic carbocycles. The first-order chi connectivity index (χ1) is 9.33. The molecule has 1 N–H and O–H groups in total. The van der Waals surface area contributed by atoms with Crippen LogP contribution < -0.4 is 5.32 Å². The Balaban J connectivity index is 1.80. The zero-order valence-electron chi connectivity index (χ0n) is 12.2. The fourth-order valence-electron chi connectivity index (χ4n) is 2.66. The molecule has 1 saturated heterocycles. The predicted octanol–water partition coefficient (Wildman–Crippen LogP) is 0.905. The molecule has 0 saturated carbocycles. The van der Waals surface area contributed by atoms with E-state index in [0.29, 0.717) is 0 Å². The average Bonchev–Trinajstić information content (AvgIpc) is 2.86. The SMILES string of the molecule is CCCCn1nnnc1CN1CCC(CNC)CC1. The molecule has 0 amide bonds. The second-order valence-corrected chi connectivity index (χ2v) is 5.45. The summed E-state index contributed by atoms with van der Waals surface area (Å²) in [6.45, 7) is 7.48. The highest BCUT2D eigenvalue weighted by molar-refractivity contribution is 4.83. The molecule has 2 heterocycles. The summed E-state index contributed by atoms with van der Waals surface area (Å²) in [4.78, 5) is 2.47. The lowest BCUT2D eigenvalue weighted by Crippen LogP contribution is -2.36. The van der Waals surface area contributed by atoms with Crippen molar-refractivity contribution in [3.63, 3.8) is 0 Å². The summed E-state index contributed by atoms with van der Waals surface area (Å²) >= 11 is 0. The van der Waals surface area contributed by atoms with Crippen LogP contribution in [0.1, 0.15) is 38.4 Å². The van der Waals surface area contributed by atoms with E-state index in [-0.39, 0.29) is 0 Å². The van der Waals surface area contributed by atoms with Gasteiger partial charge in [-0.05, 0) is 62.3 Å². The third kappa shape index (κ3) is 4.24. The number of unbranched alkanes of at least 4 members (excludes halogenated alkanes) is 1. The summed E-state index contributed by atoms with van der Waals surface area (Å²) in [7, 11) is 2.04. The van der Waals surface area contributed by atoms with Crippen molar-refractivity contribution >= 4 is 0 Å². The van der Waals surface area contributed by atoms with E-state index in [0.717, 1.165) is 50.9 Å². The molecule has 0 aromatic carbocycles. The topological polar surface area (TPSA) is 58.9 Å². The molecule has 2 rings (SSSR count). The number of hydrogen-bond acceptors (Lipinski definition) is 5. The molecule has 6 heteroatoms. The molecule has 1 aromatic heterocycles. The molecule has 108 valence electrons. The molecular weight excluding hydrogens is 240 g/mol. The van der Waals surface area contributed by atoms with E-state index in [1.165, 1.54) is 19.3 Å². The Morgan fingerprint density at radius 2 is 2.11 bits per heavy atom. The van der Waals surface area contributed by atoms with Crippen LogP contribution in [0.4, 0.5) is 0 Å². The molecule has 0 unspecified atom stereocenters. The number of nitrogens with zero attached hydrogens (tertiary/aromatic N) is 5. The summed E-state index contributed by atoms with van der Waals surface area (Å²) in [5.74, 6) is 1.85. The lowest BCUT2D eigenvalue weighted by atomic mass is 9.97. The summed E-state index contributed by atoms with van der Waals surface area (Å²) in [6.07, 6.45) is 4.87. The Labute approximate surface area is 115 Å². The molecule has 1 aromatic rings. The molecule has 0 radical (unpaired) electrons. The lowest BCUT2D eigenvalue weighted by molar-refractivity contribution is 0.170. The number of nitrogens with one attached hydrogen (secondary N) is 1. The molecular formula is C13H26N6. The molecule has 0 atom stereocenters. The summed E-state index contributed by atoms with van der Waals surface area (Å²) < 4.78 is 1.96. The van der Waals surface area contributed by atoms with Crippen molar-refractivity contribution in [1.82, 2.24) is 30.4 Å². The van der Waals surface area contributed by atoms with Crippen molar-refractivity contribution in [2.24, 2.45) is 5.92 Å². The van der Waals surface area contributed by atoms with Gasteiger partial charge in [0.25, 0.3) is 0 Å². The number of aryl methyl sites for hydroxylation is 1. The molecule has 6 nitrogen and oxygen atoms in total. The van der Waals surface area contributed by atoms with E-state index < -0.39 is 0 Å². The fourth-order valence-corrected chi connectivity index (χ4v) is 2.66. The minimum absolute atomic E-state index is 0.831. The van der Waals surface area contributed by atoms with Gasteiger partial charge in [0, 0.05) is 6.54 Å². The Bertz CT molecular complexity index is 356. The minimum Gasteiger partial charge on any atom is -0.319 e.